The Kier molecular flexibility index (Phi) is 5.98. The fourth-order valence-corrected chi connectivity index (χ4v) is 7.40. The Morgan fingerprint density at radius 2 is 1.07 bits per heavy atom. The molecule has 0 saturated carbocycles. The molecular weight excluding hydrogens is 583 g/mol. The van der Waals surface area contributed by atoms with Crippen LogP contribution in [-0.4, -0.2) is 19.5 Å². The summed E-state index contributed by atoms with van der Waals surface area (Å²) in [7, 11) is 0. The van der Waals surface area contributed by atoms with Crippen molar-refractivity contribution in [3.05, 3.63) is 145 Å². The Bertz CT molecular complexity index is 2630. The van der Waals surface area contributed by atoms with Crippen LogP contribution in [0.25, 0.3) is 81.8 Å². The molecule has 3 heterocycles. The van der Waals surface area contributed by atoms with Crippen molar-refractivity contribution in [1.29, 1.82) is 5.26 Å². The monoisotopic (exact) mass is 605 g/mol. The lowest BCUT2D eigenvalue weighted by Gasteiger charge is -2.11. The van der Waals surface area contributed by atoms with Crippen molar-refractivity contribution in [2.45, 2.75) is 0 Å². The third-order valence-corrected chi connectivity index (χ3v) is 9.63. The third kappa shape index (κ3) is 4.26. The van der Waals surface area contributed by atoms with E-state index in [-0.39, 0.29) is 0 Å². The Morgan fingerprint density at radius 3 is 1.76 bits per heavy atom. The molecule has 0 unspecified atom stereocenters. The second-order valence-corrected chi connectivity index (χ2v) is 12.3. The zero-order valence-electron chi connectivity index (χ0n) is 24.4. The molecule has 0 aliphatic heterocycles. The van der Waals surface area contributed by atoms with Crippen molar-refractivity contribution in [3.8, 4) is 45.9 Å². The number of nitriles is 1. The van der Waals surface area contributed by atoms with E-state index < -0.39 is 0 Å². The number of aromatic nitrogens is 4. The quantitative estimate of drug-likeness (QED) is 0.200. The summed E-state index contributed by atoms with van der Waals surface area (Å²) in [5.74, 6) is 1.75. The van der Waals surface area contributed by atoms with E-state index in [0.717, 1.165) is 22.4 Å². The van der Waals surface area contributed by atoms with Gasteiger partial charge >= 0.3 is 0 Å². The van der Waals surface area contributed by atoms with Gasteiger partial charge in [-0.2, -0.15) is 5.26 Å². The van der Waals surface area contributed by atoms with Gasteiger partial charge in [-0.3, -0.25) is 0 Å². The van der Waals surface area contributed by atoms with Gasteiger partial charge in [0.2, 0.25) is 0 Å². The molecule has 6 aromatic carbocycles. The minimum atomic E-state index is 0.562. The molecule has 3 aromatic heterocycles. The SMILES string of the molecule is N#Cc1ccc(-c2nc(-c3ccccc3)nc(-c3ccc(-n4c5ccccc5c5cc6sc7ccccc7c6cc54)cc3)n2)cc1. The lowest BCUT2D eigenvalue weighted by Crippen LogP contribution is -2.00. The van der Waals surface area contributed by atoms with E-state index in [1.165, 1.54) is 42.0 Å². The van der Waals surface area contributed by atoms with Crippen molar-refractivity contribution < 1.29 is 0 Å². The summed E-state index contributed by atoms with van der Waals surface area (Å²) < 4.78 is 4.96. The van der Waals surface area contributed by atoms with Gasteiger partial charge in [0, 0.05) is 53.3 Å². The maximum absolute atomic E-state index is 9.28. The van der Waals surface area contributed by atoms with Crippen molar-refractivity contribution >= 4 is 53.3 Å². The minimum Gasteiger partial charge on any atom is -0.309 e. The molecule has 9 aromatic rings. The van der Waals surface area contributed by atoms with Gasteiger partial charge in [0.25, 0.3) is 0 Å². The fourth-order valence-electron chi connectivity index (χ4n) is 6.27. The first-order chi connectivity index (χ1) is 22.7. The number of benzene rings is 6. The van der Waals surface area contributed by atoms with Crippen molar-refractivity contribution in [2.75, 3.05) is 0 Å². The summed E-state index contributed by atoms with van der Waals surface area (Å²) in [6.45, 7) is 0. The Morgan fingerprint density at radius 1 is 0.478 bits per heavy atom. The smallest absolute Gasteiger partial charge is 0.164 e. The van der Waals surface area contributed by atoms with Gasteiger partial charge in [-0.25, -0.2) is 15.0 Å². The standard InChI is InChI=1S/C40H23N5S/c41-24-25-14-16-27(17-15-25)39-42-38(26-8-2-1-3-9-26)43-40(44-39)28-18-20-29(21-19-28)45-34-12-6-4-10-30(34)32-23-37-33(22-35(32)45)31-11-5-7-13-36(31)46-37/h1-23H. The Labute approximate surface area is 268 Å². The Hall–Kier alpha value is -6.16. The first kappa shape index (κ1) is 26.3. The highest BCUT2D eigenvalue weighted by atomic mass is 32.1. The van der Waals surface area contributed by atoms with Gasteiger partial charge in [0.15, 0.2) is 17.5 Å². The van der Waals surface area contributed by atoms with E-state index in [0.29, 0.717) is 23.0 Å². The number of hydrogen-bond donors (Lipinski definition) is 0. The summed E-state index contributed by atoms with van der Waals surface area (Å²) in [5, 5.41) is 14.3. The molecule has 9 rings (SSSR count). The average molecular weight is 606 g/mol. The molecule has 5 nitrogen and oxygen atoms in total. The van der Waals surface area contributed by atoms with E-state index in [1.54, 1.807) is 12.1 Å². The predicted molar refractivity (Wildman–Crippen MR) is 188 cm³/mol. The van der Waals surface area contributed by atoms with Crippen LogP contribution >= 0.6 is 11.3 Å². The first-order valence-corrected chi connectivity index (χ1v) is 15.8. The van der Waals surface area contributed by atoms with Gasteiger partial charge in [-0.1, -0.05) is 66.7 Å². The van der Waals surface area contributed by atoms with Crippen LogP contribution in [0, 0.1) is 11.3 Å². The van der Waals surface area contributed by atoms with Crippen LogP contribution in [0.4, 0.5) is 0 Å². The summed E-state index contributed by atoms with van der Waals surface area (Å²) >= 11 is 1.85. The number of hydrogen-bond acceptors (Lipinski definition) is 5. The van der Waals surface area contributed by atoms with E-state index in [9.17, 15) is 5.26 Å². The van der Waals surface area contributed by atoms with Crippen LogP contribution in [-0.2, 0) is 0 Å². The van der Waals surface area contributed by atoms with Crippen molar-refractivity contribution in [2.24, 2.45) is 0 Å². The third-order valence-electron chi connectivity index (χ3n) is 8.49. The molecule has 46 heavy (non-hydrogen) atoms. The first-order valence-electron chi connectivity index (χ1n) is 15.0. The normalized spacial score (nSPS) is 11.5. The summed E-state index contributed by atoms with van der Waals surface area (Å²) in [4.78, 5) is 14.6. The van der Waals surface area contributed by atoms with Gasteiger partial charge in [0.1, 0.15) is 0 Å². The highest BCUT2D eigenvalue weighted by Gasteiger charge is 2.17. The van der Waals surface area contributed by atoms with Crippen LogP contribution in [0.1, 0.15) is 5.56 Å². The van der Waals surface area contributed by atoms with Gasteiger partial charge in [0.05, 0.1) is 22.7 Å². The van der Waals surface area contributed by atoms with E-state index in [4.69, 9.17) is 15.0 Å². The highest BCUT2D eigenvalue weighted by molar-refractivity contribution is 7.25. The summed E-state index contributed by atoms with van der Waals surface area (Å²) in [5.41, 5.74) is 6.64. The lowest BCUT2D eigenvalue weighted by atomic mass is 10.1. The van der Waals surface area contributed by atoms with Crippen LogP contribution in [0.5, 0.6) is 0 Å². The second-order valence-electron chi connectivity index (χ2n) is 11.2. The van der Waals surface area contributed by atoms with E-state index in [1.807, 2.05) is 53.8 Å². The van der Waals surface area contributed by atoms with Crippen LogP contribution in [0.15, 0.2) is 140 Å². The summed E-state index contributed by atoms with van der Waals surface area (Å²) in [6, 6.07) is 49.9. The predicted octanol–water partition coefficient (Wildman–Crippen LogP) is 10.2. The molecule has 6 heteroatoms. The zero-order chi connectivity index (χ0) is 30.6. The Balaban J connectivity index is 1.20. The minimum absolute atomic E-state index is 0.562. The number of rotatable bonds is 4. The van der Waals surface area contributed by atoms with E-state index in [2.05, 4.69) is 95.6 Å². The largest absolute Gasteiger partial charge is 0.309 e. The van der Waals surface area contributed by atoms with Gasteiger partial charge in [-0.05, 0) is 72.8 Å². The maximum Gasteiger partial charge on any atom is 0.164 e. The van der Waals surface area contributed by atoms with Crippen LogP contribution < -0.4 is 0 Å². The maximum atomic E-state index is 9.28. The molecule has 0 aliphatic carbocycles. The number of para-hydroxylation sites is 1. The van der Waals surface area contributed by atoms with E-state index >= 15 is 0 Å². The number of thiophene rings is 1. The molecule has 0 radical (unpaired) electrons. The number of fused-ring (bicyclic) bond motifs is 6. The molecule has 0 spiro atoms. The topological polar surface area (TPSA) is 67.4 Å². The molecular formula is C40H23N5S. The van der Waals surface area contributed by atoms with Crippen LogP contribution in [0.2, 0.25) is 0 Å². The molecule has 0 N–H and O–H groups in total. The highest BCUT2D eigenvalue weighted by Crippen LogP contribution is 2.40. The fraction of sp³-hybridized carbons (Fsp3) is 0. The second kappa shape index (κ2) is 10.5. The number of nitrogens with zero attached hydrogens (tertiary/aromatic N) is 5. The molecule has 0 saturated heterocycles. The molecule has 214 valence electrons. The molecule has 0 aliphatic rings. The van der Waals surface area contributed by atoms with Crippen LogP contribution in [0.3, 0.4) is 0 Å². The zero-order valence-corrected chi connectivity index (χ0v) is 25.2. The van der Waals surface area contributed by atoms with Crippen molar-refractivity contribution in [1.82, 2.24) is 19.5 Å². The molecule has 0 atom stereocenters. The molecule has 0 fully saturated rings. The van der Waals surface area contributed by atoms with Gasteiger partial charge in [-0.15, -0.1) is 11.3 Å². The molecule has 0 bridgehead atoms. The van der Waals surface area contributed by atoms with Gasteiger partial charge < -0.3 is 4.57 Å². The lowest BCUT2D eigenvalue weighted by molar-refractivity contribution is 1.07. The molecule has 0 amide bonds. The van der Waals surface area contributed by atoms with Crippen molar-refractivity contribution in [3.63, 3.8) is 0 Å². The summed E-state index contributed by atoms with van der Waals surface area (Å²) in [6.07, 6.45) is 0. The average Bonchev–Trinajstić information content (AvgIpc) is 3.65.